The third-order valence-corrected chi connectivity index (χ3v) is 1.96. The molecule has 0 aliphatic heterocycles. The summed E-state index contributed by atoms with van der Waals surface area (Å²) in [5.74, 6) is -0.386. The van der Waals surface area contributed by atoms with Crippen LogP contribution in [0.1, 0.15) is 17.3 Å². The van der Waals surface area contributed by atoms with E-state index in [4.69, 9.17) is 4.42 Å². The summed E-state index contributed by atoms with van der Waals surface area (Å²) in [5, 5.41) is 0. The topological polar surface area (TPSA) is 60.2 Å². The summed E-state index contributed by atoms with van der Waals surface area (Å²) in [6.45, 7) is 3.30. The van der Waals surface area contributed by atoms with Gasteiger partial charge in [-0.3, -0.25) is 0 Å². The van der Waals surface area contributed by atoms with Gasteiger partial charge in [0.2, 0.25) is 5.89 Å². The van der Waals surface area contributed by atoms with Crippen LogP contribution in [0.2, 0.25) is 0 Å². The quantitative estimate of drug-likeness (QED) is 0.659. The summed E-state index contributed by atoms with van der Waals surface area (Å²) >= 11 is 0. The van der Waals surface area contributed by atoms with Crippen LogP contribution in [0.5, 0.6) is 0 Å². The van der Waals surface area contributed by atoms with Crippen LogP contribution in [0.4, 0.5) is 3.89 Å². The minimum atomic E-state index is -4.54. The van der Waals surface area contributed by atoms with E-state index < -0.39 is 16.0 Å². The second kappa shape index (κ2) is 2.85. The molecule has 0 saturated carbocycles. The van der Waals surface area contributed by atoms with E-state index in [9.17, 15) is 12.3 Å². The normalized spacial score (nSPS) is 11.9. The first-order chi connectivity index (χ1) is 5.38. The molecule has 68 valence electrons. The van der Waals surface area contributed by atoms with Crippen molar-refractivity contribution in [3.05, 3.63) is 17.3 Å². The zero-order valence-electron chi connectivity index (χ0n) is 6.67. The summed E-state index contributed by atoms with van der Waals surface area (Å²) < 4.78 is 37.3. The minimum absolute atomic E-state index is 0.104. The van der Waals surface area contributed by atoms with Crippen molar-refractivity contribution in [1.29, 1.82) is 0 Å². The molecule has 4 nitrogen and oxygen atoms in total. The van der Waals surface area contributed by atoms with Gasteiger partial charge in [-0.25, -0.2) is 4.98 Å². The van der Waals surface area contributed by atoms with Crippen molar-refractivity contribution in [1.82, 2.24) is 4.98 Å². The molecule has 12 heavy (non-hydrogen) atoms. The van der Waals surface area contributed by atoms with Crippen molar-refractivity contribution in [3.63, 3.8) is 0 Å². The lowest BCUT2D eigenvalue weighted by atomic mass is 10.4. The van der Waals surface area contributed by atoms with Gasteiger partial charge in [-0.05, 0) is 13.8 Å². The molecule has 0 aliphatic rings. The van der Waals surface area contributed by atoms with Gasteiger partial charge < -0.3 is 4.42 Å². The maximum Gasteiger partial charge on any atom is 0.311 e. The summed E-state index contributed by atoms with van der Waals surface area (Å²) in [7, 11) is -4.54. The Bertz CT molecular complexity index is 362. The van der Waals surface area contributed by atoms with Gasteiger partial charge in [-0.1, -0.05) is 0 Å². The molecule has 6 heteroatoms. The zero-order valence-corrected chi connectivity index (χ0v) is 7.48. The van der Waals surface area contributed by atoms with Crippen LogP contribution in [-0.2, 0) is 16.0 Å². The maximum atomic E-state index is 12.1. The molecule has 0 aliphatic carbocycles. The standard InChI is InChI=1S/C6H8FNO3S/c1-4-5(2)11-6(8-4)3-12(7,9)10/h3H2,1-2H3. The molecule has 0 N–H and O–H groups in total. The Morgan fingerprint density at radius 2 is 2.08 bits per heavy atom. The maximum absolute atomic E-state index is 12.1. The molecule has 1 aromatic heterocycles. The Labute approximate surface area is 69.6 Å². The Balaban J connectivity index is 2.92. The summed E-state index contributed by atoms with van der Waals surface area (Å²) in [6, 6.07) is 0. The smallest absolute Gasteiger partial charge is 0.311 e. The van der Waals surface area contributed by atoms with Crippen molar-refractivity contribution in [2.45, 2.75) is 19.6 Å². The van der Waals surface area contributed by atoms with Crippen molar-refractivity contribution in [2.24, 2.45) is 0 Å². The molecular formula is C6H8FNO3S. The van der Waals surface area contributed by atoms with Crippen LogP contribution >= 0.6 is 0 Å². The molecular weight excluding hydrogens is 185 g/mol. The zero-order chi connectivity index (χ0) is 9.35. The molecule has 0 amide bonds. The monoisotopic (exact) mass is 193 g/mol. The highest BCUT2D eigenvalue weighted by Gasteiger charge is 2.14. The van der Waals surface area contributed by atoms with Crippen molar-refractivity contribution < 1.29 is 16.7 Å². The van der Waals surface area contributed by atoms with Gasteiger partial charge in [0.05, 0.1) is 5.69 Å². The summed E-state index contributed by atoms with van der Waals surface area (Å²) in [4.78, 5) is 3.71. The fourth-order valence-corrected chi connectivity index (χ4v) is 1.17. The average molecular weight is 193 g/mol. The number of rotatable bonds is 2. The van der Waals surface area contributed by atoms with Crippen molar-refractivity contribution in [2.75, 3.05) is 0 Å². The van der Waals surface area contributed by atoms with Crippen LogP contribution < -0.4 is 0 Å². The molecule has 0 aromatic carbocycles. The van der Waals surface area contributed by atoms with Gasteiger partial charge >= 0.3 is 10.2 Å². The fraction of sp³-hybridized carbons (Fsp3) is 0.500. The van der Waals surface area contributed by atoms with E-state index in [0.29, 0.717) is 11.5 Å². The highest BCUT2D eigenvalue weighted by molar-refractivity contribution is 7.85. The van der Waals surface area contributed by atoms with Crippen LogP contribution in [0.3, 0.4) is 0 Å². The molecule has 0 fully saturated rings. The van der Waals surface area contributed by atoms with E-state index in [0.717, 1.165) is 0 Å². The molecule has 0 unspecified atom stereocenters. The molecule has 1 rings (SSSR count). The Morgan fingerprint density at radius 3 is 2.42 bits per heavy atom. The number of halogens is 1. The minimum Gasteiger partial charge on any atom is -0.445 e. The molecule has 1 heterocycles. The number of hydrogen-bond donors (Lipinski definition) is 0. The highest BCUT2D eigenvalue weighted by Crippen LogP contribution is 2.11. The highest BCUT2D eigenvalue weighted by atomic mass is 32.3. The first kappa shape index (κ1) is 9.18. The number of aromatic nitrogens is 1. The van der Waals surface area contributed by atoms with Gasteiger partial charge in [0.1, 0.15) is 5.76 Å². The second-order valence-electron chi connectivity index (χ2n) is 2.43. The largest absolute Gasteiger partial charge is 0.445 e. The van der Waals surface area contributed by atoms with Crippen molar-refractivity contribution in [3.8, 4) is 0 Å². The summed E-state index contributed by atoms with van der Waals surface area (Å²) in [5.41, 5.74) is 0.577. The Morgan fingerprint density at radius 1 is 1.50 bits per heavy atom. The Kier molecular flexibility index (Phi) is 2.18. The van der Waals surface area contributed by atoms with Crippen LogP contribution in [0.15, 0.2) is 4.42 Å². The third-order valence-electron chi connectivity index (χ3n) is 1.37. The average Bonchev–Trinajstić information content (AvgIpc) is 2.07. The van der Waals surface area contributed by atoms with E-state index in [2.05, 4.69) is 4.98 Å². The molecule has 0 spiro atoms. The lowest BCUT2D eigenvalue weighted by Crippen LogP contribution is -1.96. The van der Waals surface area contributed by atoms with E-state index in [-0.39, 0.29) is 5.89 Å². The number of oxazole rings is 1. The summed E-state index contributed by atoms with van der Waals surface area (Å²) in [6.07, 6.45) is 0. The van der Waals surface area contributed by atoms with Crippen LogP contribution in [-0.4, -0.2) is 13.4 Å². The lowest BCUT2D eigenvalue weighted by Gasteiger charge is -1.86. The van der Waals surface area contributed by atoms with E-state index >= 15 is 0 Å². The van der Waals surface area contributed by atoms with Gasteiger partial charge in [-0.2, -0.15) is 8.42 Å². The number of hydrogen-bond acceptors (Lipinski definition) is 4. The number of aryl methyl sites for hydroxylation is 2. The first-order valence-corrected chi connectivity index (χ1v) is 4.79. The predicted octanol–water partition coefficient (Wildman–Crippen LogP) is 1.09. The molecule has 0 bridgehead atoms. The van der Waals surface area contributed by atoms with Crippen LogP contribution in [0.25, 0.3) is 0 Å². The third kappa shape index (κ3) is 2.30. The first-order valence-electron chi connectivity index (χ1n) is 3.24. The van der Waals surface area contributed by atoms with Crippen LogP contribution in [0, 0.1) is 13.8 Å². The second-order valence-corrected chi connectivity index (χ2v) is 3.80. The van der Waals surface area contributed by atoms with Gasteiger partial charge in [0.25, 0.3) is 0 Å². The van der Waals surface area contributed by atoms with Gasteiger partial charge in [-0.15, -0.1) is 3.89 Å². The molecule has 0 radical (unpaired) electrons. The van der Waals surface area contributed by atoms with Gasteiger partial charge in [0.15, 0.2) is 5.75 Å². The number of nitrogens with zero attached hydrogens (tertiary/aromatic N) is 1. The molecule has 1 aromatic rings. The molecule has 0 saturated heterocycles. The molecule has 0 atom stereocenters. The SMILES string of the molecule is Cc1nc(CS(=O)(=O)F)oc1C. The predicted molar refractivity (Wildman–Crippen MR) is 39.7 cm³/mol. The van der Waals surface area contributed by atoms with E-state index in [1.54, 1.807) is 13.8 Å². The lowest BCUT2D eigenvalue weighted by molar-refractivity contribution is 0.477. The van der Waals surface area contributed by atoms with E-state index in [1.807, 2.05) is 0 Å². The fourth-order valence-electron chi connectivity index (χ4n) is 0.748. The Hall–Kier alpha value is -0.910. The van der Waals surface area contributed by atoms with E-state index in [1.165, 1.54) is 0 Å². The van der Waals surface area contributed by atoms with Gasteiger partial charge in [0, 0.05) is 0 Å². The van der Waals surface area contributed by atoms with Crippen molar-refractivity contribution >= 4 is 10.2 Å².